The Bertz CT molecular complexity index is 890. The molecule has 0 radical (unpaired) electrons. The lowest BCUT2D eigenvalue weighted by Crippen LogP contribution is -2.31. The number of amides is 2. The van der Waals surface area contributed by atoms with E-state index < -0.39 is 43.4 Å². The lowest BCUT2D eigenvalue weighted by molar-refractivity contribution is -0.326. The first-order chi connectivity index (χ1) is 14.0. The first kappa shape index (κ1) is 22.9. The second-order valence-corrected chi connectivity index (χ2v) is 6.00. The minimum atomic E-state index is -4.78. The fourth-order valence-corrected chi connectivity index (χ4v) is 2.29. The number of urea groups is 1. The lowest BCUT2D eigenvalue weighted by atomic mass is 10.1. The molecule has 1 aromatic heterocycles. The molecular formula is C18H19F4N5O3. The van der Waals surface area contributed by atoms with Crippen LogP contribution in [-0.4, -0.2) is 36.5 Å². The van der Waals surface area contributed by atoms with Crippen molar-refractivity contribution in [1.82, 2.24) is 10.3 Å². The molecule has 0 aliphatic carbocycles. The van der Waals surface area contributed by atoms with Crippen molar-refractivity contribution in [3.05, 3.63) is 53.5 Å². The van der Waals surface area contributed by atoms with Crippen molar-refractivity contribution in [3.63, 3.8) is 0 Å². The van der Waals surface area contributed by atoms with E-state index in [9.17, 15) is 22.4 Å². The Morgan fingerprint density at radius 1 is 1.27 bits per heavy atom. The van der Waals surface area contributed by atoms with Crippen molar-refractivity contribution in [3.8, 4) is 0 Å². The number of hydrogen-bond acceptors (Lipinski definition) is 6. The van der Waals surface area contributed by atoms with Crippen LogP contribution in [0, 0.1) is 11.2 Å². The minimum absolute atomic E-state index is 0.0219. The summed E-state index contributed by atoms with van der Waals surface area (Å²) >= 11 is 0. The predicted octanol–water partition coefficient (Wildman–Crippen LogP) is 3.56. The molecule has 1 aromatic carbocycles. The third-order valence-electron chi connectivity index (χ3n) is 3.74. The smallest absolute Gasteiger partial charge is 0.475 e. The SMILES string of the molecule is CC(NC(=O)Nc1cc(N)c(C(=N)OCCOC(F)(F)F)cn1)c1ccc(F)cc1. The molecule has 30 heavy (non-hydrogen) atoms. The summed E-state index contributed by atoms with van der Waals surface area (Å²) in [6, 6.07) is 5.89. The zero-order valence-electron chi connectivity index (χ0n) is 15.7. The number of aromatic nitrogens is 1. The zero-order valence-corrected chi connectivity index (χ0v) is 15.7. The van der Waals surface area contributed by atoms with E-state index in [1.54, 1.807) is 6.92 Å². The Hall–Kier alpha value is -3.41. The summed E-state index contributed by atoms with van der Waals surface area (Å²) < 4.78 is 57.0. The van der Waals surface area contributed by atoms with E-state index in [4.69, 9.17) is 15.9 Å². The Kier molecular flexibility index (Phi) is 7.53. The molecule has 2 aromatic rings. The van der Waals surface area contributed by atoms with Crippen LogP contribution in [0.5, 0.6) is 0 Å². The maximum atomic E-state index is 13.0. The number of nitrogens with two attached hydrogens (primary N) is 1. The van der Waals surface area contributed by atoms with Gasteiger partial charge in [-0.25, -0.2) is 14.2 Å². The average Bonchev–Trinajstić information content (AvgIpc) is 2.64. The molecule has 0 aliphatic heterocycles. The molecule has 5 N–H and O–H groups in total. The summed E-state index contributed by atoms with van der Waals surface area (Å²) in [6.45, 7) is 0.408. The van der Waals surface area contributed by atoms with Gasteiger partial charge in [0, 0.05) is 18.0 Å². The van der Waals surface area contributed by atoms with Crippen LogP contribution in [0.4, 0.5) is 33.9 Å². The highest BCUT2D eigenvalue weighted by atomic mass is 19.4. The number of carbonyl (C=O) groups is 1. The molecule has 0 saturated heterocycles. The van der Waals surface area contributed by atoms with Gasteiger partial charge in [0.15, 0.2) is 0 Å². The molecule has 2 amide bonds. The summed E-state index contributed by atoms with van der Waals surface area (Å²) in [7, 11) is 0. The van der Waals surface area contributed by atoms with Gasteiger partial charge in [-0.15, -0.1) is 13.2 Å². The number of carbonyl (C=O) groups excluding carboxylic acids is 1. The highest BCUT2D eigenvalue weighted by molar-refractivity contribution is 5.97. The van der Waals surface area contributed by atoms with Gasteiger partial charge in [-0.2, -0.15) is 0 Å². The number of benzene rings is 1. The van der Waals surface area contributed by atoms with Crippen LogP contribution in [0.1, 0.15) is 24.1 Å². The van der Waals surface area contributed by atoms with Crippen molar-refractivity contribution < 1.29 is 31.8 Å². The number of nitrogens with one attached hydrogen (secondary N) is 3. The molecule has 162 valence electrons. The summed E-state index contributed by atoms with van der Waals surface area (Å²) in [5.74, 6) is -0.808. The second-order valence-electron chi connectivity index (χ2n) is 6.00. The maximum absolute atomic E-state index is 13.0. The van der Waals surface area contributed by atoms with Crippen molar-refractivity contribution in [1.29, 1.82) is 5.41 Å². The van der Waals surface area contributed by atoms with Crippen molar-refractivity contribution in [2.45, 2.75) is 19.3 Å². The van der Waals surface area contributed by atoms with Gasteiger partial charge in [-0.1, -0.05) is 12.1 Å². The van der Waals surface area contributed by atoms with Crippen LogP contribution in [0.25, 0.3) is 0 Å². The van der Waals surface area contributed by atoms with E-state index in [0.717, 1.165) is 6.20 Å². The van der Waals surface area contributed by atoms with Crippen LogP contribution in [0.15, 0.2) is 36.5 Å². The van der Waals surface area contributed by atoms with Crippen molar-refractivity contribution >= 4 is 23.4 Å². The first-order valence-electron chi connectivity index (χ1n) is 8.56. The third kappa shape index (κ3) is 7.20. The van der Waals surface area contributed by atoms with Gasteiger partial charge in [-0.05, 0) is 24.6 Å². The molecule has 8 nitrogen and oxygen atoms in total. The van der Waals surface area contributed by atoms with Crippen molar-refractivity contribution in [2.75, 3.05) is 24.3 Å². The molecule has 1 atom stereocenters. The van der Waals surface area contributed by atoms with Gasteiger partial charge >= 0.3 is 12.4 Å². The van der Waals surface area contributed by atoms with Crippen LogP contribution in [-0.2, 0) is 9.47 Å². The molecule has 0 spiro atoms. The Labute approximate surface area is 168 Å². The monoisotopic (exact) mass is 429 g/mol. The number of rotatable bonds is 7. The fraction of sp³-hybridized carbons (Fsp3) is 0.278. The Morgan fingerprint density at radius 3 is 2.53 bits per heavy atom. The molecular weight excluding hydrogens is 410 g/mol. The normalized spacial score (nSPS) is 12.2. The van der Waals surface area contributed by atoms with Crippen LogP contribution in [0.2, 0.25) is 0 Å². The van der Waals surface area contributed by atoms with E-state index in [0.29, 0.717) is 5.56 Å². The van der Waals surface area contributed by atoms with E-state index in [-0.39, 0.29) is 17.1 Å². The number of nitrogens with zero attached hydrogens (tertiary/aromatic N) is 1. The number of anilines is 2. The topological polar surface area (TPSA) is 122 Å². The molecule has 0 aliphatic rings. The van der Waals surface area contributed by atoms with Crippen molar-refractivity contribution in [2.24, 2.45) is 0 Å². The van der Waals surface area contributed by atoms with Crippen LogP contribution in [0.3, 0.4) is 0 Å². The van der Waals surface area contributed by atoms with Crippen LogP contribution >= 0.6 is 0 Å². The van der Waals surface area contributed by atoms with Gasteiger partial charge in [0.2, 0.25) is 5.90 Å². The summed E-state index contributed by atoms with van der Waals surface area (Å²) in [6.07, 6.45) is -3.64. The van der Waals surface area contributed by atoms with Gasteiger partial charge in [0.1, 0.15) is 18.2 Å². The third-order valence-corrected chi connectivity index (χ3v) is 3.74. The number of nitrogen functional groups attached to an aromatic ring is 1. The lowest BCUT2D eigenvalue weighted by Gasteiger charge is -2.15. The number of ether oxygens (including phenoxy) is 2. The van der Waals surface area contributed by atoms with Gasteiger partial charge < -0.3 is 15.8 Å². The standard InChI is InChI=1S/C18H19F4N5O3/c1-10(11-2-4-12(19)5-3-11)26-17(28)27-15-8-14(23)13(9-25-15)16(24)29-6-7-30-18(20,21)22/h2-5,8-10,24H,6-7H2,1H3,(H4,23,25,26,27,28). The molecule has 1 heterocycles. The number of halogens is 4. The summed E-state index contributed by atoms with van der Waals surface area (Å²) in [5.41, 5.74) is 6.54. The highest BCUT2D eigenvalue weighted by Crippen LogP contribution is 2.18. The van der Waals surface area contributed by atoms with Gasteiger partial charge in [0.25, 0.3) is 0 Å². The summed E-state index contributed by atoms with van der Waals surface area (Å²) in [4.78, 5) is 16.0. The highest BCUT2D eigenvalue weighted by Gasteiger charge is 2.28. The molecule has 1 unspecified atom stereocenters. The average molecular weight is 429 g/mol. The molecule has 0 fully saturated rings. The van der Waals surface area contributed by atoms with E-state index >= 15 is 0 Å². The van der Waals surface area contributed by atoms with Gasteiger partial charge in [-0.3, -0.25) is 15.5 Å². The second kappa shape index (κ2) is 9.87. The zero-order chi connectivity index (χ0) is 22.3. The molecule has 0 saturated carbocycles. The Morgan fingerprint density at radius 2 is 1.93 bits per heavy atom. The minimum Gasteiger partial charge on any atom is -0.475 e. The van der Waals surface area contributed by atoms with E-state index in [1.165, 1.54) is 30.3 Å². The predicted molar refractivity (Wildman–Crippen MR) is 100 cm³/mol. The molecule has 2 rings (SSSR count). The molecule has 0 bridgehead atoms. The quantitative estimate of drug-likeness (QED) is 0.232. The maximum Gasteiger partial charge on any atom is 0.522 e. The summed E-state index contributed by atoms with van der Waals surface area (Å²) in [5, 5.41) is 12.8. The van der Waals surface area contributed by atoms with E-state index in [1.807, 2.05) is 0 Å². The fourth-order valence-electron chi connectivity index (χ4n) is 2.29. The number of pyridine rings is 1. The largest absolute Gasteiger partial charge is 0.522 e. The molecule has 12 heteroatoms. The van der Waals surface area contributed by atoms with Gasteiger partial charge in [0.05, 0.1) is 18.2 Å². The Balaban J connectivity index is 1.88. The van der Waals surface area contributed by atoms with E-state index in [2.05, 4.69) is 20.4 Å². The van der Waals surface area contributed by atoms with Crippen LogP contribution < -0.4 is 16.4 Å². The number of alkyl halides is 3. The first-order valence-corrected chi connectivity index (χ1v) is 8.56. The number of hydrogen-bond donors (Lipinski definition) is 4.